The number of aliphatic hydroxyl groups excluding tert-OH is 1. The van der Waals surface area contributed by atoms with Crippen LogP contribution >= 0.6 is 0 Å². The third kappa shape index (κ3) is 2.01. The van der Waals surface area contributed by atoms with Crippen LogP contribution in [0.5, 0.6) is 0 Å². The normalized spacial score (nSPS) is 51.1. The number of hydrogen-bond acceptors (Lipinski definition) is 2. The fourth-order valence-corrected chi connectivity index (χ4v) is 6.19. The highest BCUT2D eigenvalue weighted by atomic mass is 16.3. The van der Waals surface area contributed by atoms with E-state index in [4.69, 9.17) is 0 Å². The van der Waals surface area contributed by atoms with Crippen molar-refractivity contribution < 1.29 is 5.11 Å². The van der Waals surface area contributed by atoms with E-state index in [1.807, 2.05) is 0 Å². The second kappa shape index (κ2) is 5.34. The summed E-state index contributed by atoms with van der Waals surface area (Å²) in [5, 5.41) is 18.7. The lowest BCUT2D eigenvalue weighted by molar-refractivity contribution is -0.0434. The molecule has 7 atom stereocenters. The van der Waals surface area contributed by atoms with Crippen LogP contribution in [-0.2, 0) is 0 Å². The molecule has 0 aromatic carbocycles. The Labute approximate surface area is 123 Å². The first-order valence-electron chi connectivity index (χ1n) is 8.62. The molecule has 1 N–H and O–H groups in total. The van der Waals surface area contributed by atoms with Crippen molar-refractivity contribution in [1.29, 1.82) is 5.26 Å². The zero-order valence-electron chi connectivity index (χ0n) is 13.0. The van der Waals surface area contributed by atoms with E-state index in [9.17, 15) is 10.4 Å². The van der Waals surface area contributed by atoms with Crippen molar-refractivity contribution in [3.63, 3.8) is 0 Å². The molecule has 0 radical (unpaired) electrons. The molecule has 0 amide bonds. The summed E-state index contributed by atoms with van der Waals surface area (Å²) >= 11 is 0. The number of hydrogen-bond donors (Lipinski definition) is 1. The third-order valence-corrected chi connectivity index (χ3v) is 7.44. The summed E-state index contributed by atoms with van der Waals surface area (Å²) in [6.07, 6.45) is 8.63. The SMILES string of the molecule is C[C@H]1[C@H](CCO)CC[C@@H]2[C@@H]1CC[C@]1(C)[C@@H](C#N)CC[C@@H]21. The average molecular weight is 275 g/mol. The Morgan fingerprint density at radius 2 is 1.95 bits per heavy atom. The van der Waals surface area contributed by atoms with Crippen LogP contribution < -0.4 is 0 Å². The number of rotatable bonds is 2. The Balaban J connectivity index is 1.78. The number of fused-ring (bicyclic) bond motifs is 3. The molecule has 0 heterocycles. The van der Waals surface area contributed by atoms with Gasteiger partial charge in [-0.1, -0.05) is 13.8 Å². The maximum atomic E-state index is 9.45. The van der Waals surface area contributed by atoms with E-state index in [1.54, 1.807) is 0 Å². The van der Waals surface area contributed by atoms with E-state index in [0.717, 1.165) is 42.4 Å². The minimum atomic E-state index is 0.305. The van der Waals surface area contributed by atoms with Gasteiger partial charge in [0.05, 0.1) is 12.0 Å². The van der Waals surface area contributed by atoms with Crippen molar-refractivity contribution >= 4 is 0 Å². The van der Waals surface area contributed by atoms with Crippen molar-refractivity contribution in [3.05, 3.63) is 0 Å². The van der Waals surface area contributed by atoms with Gasteiger partial charge >= 0.3 is 0 Å². The van der Waals surface area contributed by atoms with Crippen LogP contribution in [0.3, 0.4) is 0 Å². The van der Waals surface area contributed by atoms with E-state index in [1.165, 1.54) is 32.1 Å². The molecule has 3 rings (SSSR count). The molecule has 0 spiro atoms. The highest BCUT2D eigenvalue weighted by Crippen LogP contribution is 2.62. The monoisotopic (exact) mass is 275 g/mol. The molecular weight excluding hydrogens is 246 g/mol. The predicted molar refractivity (Wildman–Crippen MR) is 79.7 cm³/mol. The zero-order valence-corrected chi connectivity index (χ0v) is 13.0. The molecule has 20 heavy (non-hydrogen) atoms. The Morgan fingerprint density at radius 1 is 1.15 bits per heavy atom. The number of nitrogens with zero attached hydrogens (tertiary/aromatic N) is 1. The molecule has 112 valence electrons. The third-order valence-electron chi connectivity index (χ3n) is 7.44. The molecule has 0 bridgehead atoms. The van der Waals surface area contributed by atoms with Crippen molar-refractivity contribution in [3.8, 4) is 6.07 Å². The summed E-state index contributed by atoms with van der Waals surface area (Å²) in [6, 6.07) is 2.61. The first-order valence-corrected chi connectivity index (χ1v) is 8.62. The lowest BCUT2D eigenvalue weighted by Crippen LogP contribution is -2.46. The molecule has 0 unspecified atom stereocenters. The van der Waals surface area contributed by atoms with Gasteiger partial charge in [0.15, 0.2) is 0 Å². The Kier molecular flexibility index (Phi) is 3.84. The van der Waals surface area contributed by atoms with Gasteiger partial charge in [0.1, 0.15) is 0 Å². The smallest absolute Gasteiger partial charge is 0.0661 e. The molecule has 3 fully saturated rings. The molecule has 3 aliphatic carbocycles. The standard InChI is InChI=1S/C18H29NO/c1-12-13(8-10-20)3-5-16-15(12)7-9-18(2)14(11-19)4-6-17(16)18/h12-17,20H,3-10H2,1-2H3/t12-,13-,14+,15+,16+,17-,18+/m0/s1. The maximum Gasteiger partial charge on any atom is 0.0661 e. The van der Waals surface area contributed by atoms with E-state index in [-0.39, 0.29) is 0 Å². The van der Waals surface area contributed by atoms with E-state index >= 15 is 0 Å². The van der Waals surface area contributed by atoms with Crippen molar-refractivity contribution in [2.75, 3.05) is 6.61 Å². The van der Waals surface area contributed by atoms with Gasteiger partial charge in [0.25, 0.3) is 0 Å². The van der Waals surface area contributed by atoms with Gasteiger partial charge in [-0.15, -0.1) is 0 Å². The fraction of sp³-hybridized carbons (Fsp3) is 0.944. The van der Waals surface area contributed by atoms with E-state index in [0.29, 0.717) is 17.9 Å². The lowest BCUT2D eigenvalue weighted by atomic mass is 9.51. The molecule has 0 aromatic rings. The first-order chi connectivity index (χ1) is 9.61. The van der Waals surface area contributed by atoms with Gasteiger partial charge < -0.3 is 5.11 Å². The molecule has 2 nitrogen and oxygen atoms in total. The number of aliphatic hydroxyl groups is 1. The quantitative estimate of drug-likeness (QED) is 0.828. The first kappa shape index (κ1) is 14.4. The highest BCUT2D eigenvalue weighted by molar-refractivity contribution is 5.09. The van der Waals surface area contributed by atoms with Gasteiger partial charge in [-0.25, -0.2) is 0 Å². The van der Waals surface area contributed by atoms with Crippen LogP contribution in [0, 0.1) is 52.3 Å². The minimum Gasteiger partial charge on any atom is -0.396 e. The molecule has 3 saturated carbocycles. The predicted octanol–water partition coefficient (Wildman–Crippen LogP) is 4.00. The van der Waals surface area contributed by atoms with Crippen LogP contribution in [0.1, 0.15) is 58.8 Å². The van der Waals surface area contributed by atoms with Crippen LogP contribution in [0.4, 0.5) is 0 Å². The summed E-state index contributed by atoms with van der Waals surface area (Å²) in [5.74, 6) is 4.32. The van der Waals surface area contributed by atoms with Gasteiger partial charge in [-0.2, -0.15) is 5.26 Å². The van der Waals surface area contributed by atoms with Crippen LogP contribution in [-0.4, -0.2) is 11.7 Å². The summed E-state index contributed by atoms with van der Waals surface area (Å²) in [4.78, 5) is 0. The zero-order chi connectivity index (χ0) is 14.3. The number of nitriles is 1. The van der Waals surface area contributed by atoms with Crippen molar-refractivity contribution in [2.45, 2.75) is 58.8 Å². The van der Waals surface area contributed by atoms with Crippen molar-refractivity contribution in [2.24, 2.45) is 40.9 Å². The Morgan fingerprint density at radius 3 is 2.65 bits per heavy atom. The van der Waals surface area contributed by atoms with Gasteiger partial charge in [-0.05, 0) is 80.0 Å². The second-order valence-electron chi connectivity index (χ2n) is 7.95. The summed E-state index contributed by atoms with van der Waals surface area (Å²) < 4.78 is 0. The maximum absolute atomic E-state index is 9.45. The van der Waals surface area contributed by atoms with Crippen LogP contribution in [0.2, 0.25) is 0 Å². The Hall–Kier alpha value is -0.550. The van der Waals surface area contributed by atoms with Crippen molar-refractivity contribution in [1.82, 2.24) is 0 Å². The second-order valence-corrected chi connectivity index (χ2v) is 7.95. The van der Waals surface area contributed by atoms with Crippen LogP contribution in [0.15, 0.2) is 0 Å². The molecular formula is C18H29NO. The largest absolute Gasteiger partial charge is 0.396 e. The summed E-state index contributed by atoms with van der Waals surface area (Å²) in [7, 11) is 0. The van der Waals surface area contributed by atoms with Gasteiger partial charge in [0.2, 0.25) is 0 Å². The van der Waals surface area contributed by atoms with E-state index < -0.39 is 0 Å². The van der Waals surface area contributed by atoms with E-state index in [2.05, 4.69) is 19.9 Å². The minimum absolute atomic E-state index is 0.305. The average Bonchev–Trinajstić information content (AvgIpc) is 2.78. The fourth-order valence-electron chi connectivity index (χ4n) is 6.19. The molecule has 3 aliphatic rings. The van der Waals surface area contributed by atoms with Crippen LogP contribution in [0.25, 0.3) is 0 Å². The summed E-state index contributed by atoms with van der Waals surface area (Å²) in [5.41, 5.74) is 0.305. The topological polar surface area (TPSA) is 44.0 Å². The Bertz CT molecular complexity index is 401. The lowest BCUT2D eigenvalue weighted by Gasteiger charge is -2.53. The van der Waals surface area contributed by atoms with Gasteiger partial charge in [0, 0.05) is 6.61 Å². The molecule has 0 aliphatic heterocycles. The highest BCUT2D eigenvalue weighted by Gasteiger charge is 2.55. The molecule has 2 heteroatoms. The van der Waals surface area contributed by atoms with Gasteiger partial charge in [-0.3, -0.25) is 0 Å². The molecule has 0 aromatic heterocycles. The summed E-state index contributed by atoms with van der Waals surface area (Å²) in [6.45, 7) is 5.18. The molecule has 0 saturated heterocycles.